The highest BCUT2D eigenvalue weighted by atomic mass is 32.2. The second kappa shape index (κ2) is 4.63. The van der Waals surface area contributed by atoms with Crippen LogP contribution in [0.2, 0.25) is 5.82 Å². The molecule has 0 amide bonds. The Morgan fingerprint density at radius 2 is 1.50 bits per heavy atom. The van der Waals surface area contributed by atoms with Crippen molar-refractivity contribution in [3.8, 4) is 0 Å². The van der Waals surface area contributed by atoms with Crippen LogP contribution in [0, 0.1) is 0 Å². The third kappa shape index (κ3) is 2.93. The van der Waals surface area contributed by atoms with Crippen molar-refractivity contribution in [3.63, 3.8) is 0 Å². The van der Waals surface area contributed by atoms with E-state index < -0.39 is 0 Å². The minimum absolute atomic E-state index is 0.787. The van der Waals surface area contributed by atoms with Gasteiger partial charge in [0, 0.05) is 0 Å². The summed E-state index contributed by atoms with van der Waals surface area (Å²) in [6.07, 6.45) is 4.34. The van der Waals surface area contributed by atoms with Gasteiger partial charge >= 0.3 is 0 Å². The fourth-order valence-electron chi connectivity index (χ4n) is 0.641. The molecule has 0 aromatic rings. The normalized spacial score (nSPS) is 10.1. The highest BCUT2D eigenvalue weighted by Gasteiger charge is 2.14. The quantitative estimate of drug-likeness (QED) is 0.564. The lowest BCUT2D eigenvalue weighted by molar-refractivity contribution is 1.07. The molecule has 0 spiro atoms. The molecule has 0 aliphatic carbocycles. The van der Waals surface area contributed by atoms with Gasteiger partial charge in [0.05, 0.1) is 0 Å². The number of hydrogen-bond acceptors (Lipinski definition) is 2. The lowest BCUT2D eigenvalue weighted by Crippen LogP contribution is -2.05. The Kier molecular flexibility index (Phi) is 5.07. The smallest absolute Gasteiger partial charge is 0.198 e. The average molecular weight is 148 g/mol. The predicted molar refractivity (Wildman–Crippen MR) is 47.9 cm³/mol. The highest BCUT2D eigenvalue weighted by Crippen LogP contribution is 2.24. The van der Waals surface area contributed by atoms with Crippen molar-refractivity contribution in [2.24, 2.45) is 0 Å². The van der Waals surface area contributed by atoms with Crippen LogP contribution in [0.3, 0.4) is 0 Å². The van der Waals surface area contributed by atoms with E-state index in [1.165, 1.54) is 0 Å². The maximum Gasteiger partial charge on any atom is 0.275 e. The molecule has 0 unspecified atom stereocenters. The van der Waals surface area contributed by atoms with E-state index in [-0.39, 0.29) is 0 Å². The van der Waals surface area contributed by atoms with Gasteiger partial charge in [0.15, 0.2) is 0 Å². The molecule has 0 atom stereocenters. The summed E-state index contributed by atoms with van der Waals surface area (Å²) in [5.74, 6) is 0.806. The van der Waals surface area contributed by atoms with Crippen molar-refractivity contribution in [3.05, 3.63) is 0 Å². The van der Waals surface area contributed by atoms with Crippen molar-refractivity contribution >= 4 is 28.5 Å². The highest BCUT2D eigenvalue weighted by molar-refractivity contribution is 8.54. The summed E-state index contributed by atoms with van der Waals surface area (Å²) in [5, 5.41) is 0.787. The van der Waals surface area contributed by atoms with Gasteiger partial charge in [-0.05, 0) is 18.3 Å². The van der Waals surface area contributed by atoms with Gasteiger partial charge in [0.25, 0.3) is 5.27 Å². The molecule has 0 N–H and O–H groups in total. The molecule has 8 heavy (non-hydrogen) atoms. The van der Waals surface area contributed by atoms with Gasteiger partial charge in [0.1, 0.15) is 0 Å². The molecule has 3 heteroatoms. The Labute approximate surface area is 61.1 Å². The SMILES string of the molecule is CSB(SC)C(C)C. The Hall–Kier alpha value is 0.765. The summed E-state index contributed by atoms with van der Waals surface area (Å²) in [6, 6.07) is 0. The molecule has 0 fully saturated rings. The Balaban J connectivity index is 3.35. The van der Waals surface area contributed by atoms with Crippen molar-refractivity contribution < 1.29 is 0 Å². The maximum atomic E-state index is 2.26. The molecule has 0 bridgehead atoms. The zero-order valence-electron chi connectivity index (χ0n) is 5.97. The first-order valence-corrected chi connectivity index (χ1v) is 5.35. The lowest BCUT2D eigenvalue weighted by atomic mass is 9.88. The van der Waals surface area contributed by atoms with Crippen LogP contribution in [0.25, 0.3) is 0 Å². The van der Waals surface area contributed by atoms with Crippen molar-refractivity contribution in [2.45, 2.75) is 19.7 Å². The largest absolute Gasteiger partial charge is 0.275 e. The first-order valence-electron chi connectivity index (χ1n) is 2.78. The van der Waals surface area contributed by atoms with Gasteiger partial charge in [0.2, 0.25) is 0 Å². The van der Waals surface area contributed by atoms with Crippen LogP contribution in [-0.2, 0) is 0 Å². The van der Waals surface area contributed by atoms with E-state index in [9.17, 15) is 0 Å². The average Bonchev–Trinajstić information content (AvgIpc) is 1.69. The Bertz CT molecular complexity index is 52.4. The molecule has 48 valence electrons. The lowest BCUT2D eigenvalue weighted by Gasteiger charge is -2.09. The zero-order chi connectivity index (χ0) is 6.57. The van der Waals surface area contributed by atoms with Crippen LogP contribution in [0.1, 0.15) is 13.8 Å². The molecular formula is C5H13BS2. The van der Waals surface area contributed by atoms with Crippen LogP contribution in [-0.4, -0.2) is 17.8 Å². The van der Waals surface area contributed by atoms with Gasteiger partial charge < -0.3 is 0 Å². The second-order valence-corrected chi connectivity index (χ2v) is 4.34. The number of hydrogen-bond donors (Lipinski definition) is 0. The van der Waals surface area contributed by atoms with E-state index in [2.05, 4.69) is 26.4 Å². The number of rotatable bonds is 3. The monoisotopic (exact) mass is 148 g/mol. The summed E-state index contributed by atoms with van der Waals surface area (Å²) < 4.78 is 0. The van der Waals surface area contributed by atoms with Gasteiger partial charge in [-0.2, -0.15) is 23.2 Å². The van der Waals surface area contributed by atoms with Crippen LogP contribution >= 0.6 is 23.2 Å². The van der Waals surface area contributed by atoms with Gasteiger partial charge in [-0.25, -0.2) is 0 Å². The van der Waals surface area contributed by atoms with E-state index in [4.69, 9.17) is 0 Å². The first kappa shape index (κ1) is 8.76. The maximum absolute atomic E-state index is 2.26. The summed E-state index contributed by atoms with van der Waals surface area (Å²) in [6.45, 7) is 4.52. The van der Waals surface area contributed by atoms with Crippen LogP contribution in [0.15, 0.2) is 0 Å². The standard InChI is InChI=1S/C5H13BS2/c1-5(2)6(7-3)8-4/h5H,1-4H3. The van der Waals surface area contributed by atoms with Gasteiger partial charge in [-0.1, -0.05) is 13.8 Å². The molecule has 0 heterocycles. The second-order valence-electron chi connectivity index (χ2n) is 2.08. The molecule has 0 rings (SSSR count). The van der Waals surface area contributed by atoms with E-state index in [1.807, 2.05) is 23.2 Å². The van der Waals surface area contributed by atoms with Gasteiger partial charge in [-0.3, -0.25) is 0 Å². The summed E-state index contributed by atoms with van der Waals surface area (Å²) in [7, 11) is 0. The van der Waals surface area contributed by atoms with Crippen LogP contribution in [0.4, 0.5) is 0 Å². The Morgan fingerprint density at radius 1 is 1.12 bits per heavy atom. The molecule has 0 saturated heterocycles. The Morgan fingerprint density at radius 3 is 1.50 bits per heavy atom. The minimum Gasteiger partial charge on any atom is -0.198 e. The van der Waals surface area contributed by atoms with E-state index in [0.717, 1.165) is 11.1 Å². The van der Waals surface area contributed by atoms with Gasteiger partial charge in [-0.15, -0.1) is 0 Å². The molecule has 0 aliphatic rings. The van der Waals surface area contributed by atoms with E-state index in [1.54, 1.807) is 0 Å². The van der Waals surface area contributed by atoms with Crippen molar-refractivity contribution in [1.82, 2.24) is 0 Å². The minimum atomic E-state index is 0.787. The molecule has 0 aliphatic heterocycles. The fourth-order valence-corrected chi connectivity index (χ4v) is 2.50. The van der Waals surface area contributed by atoms with Crippen LogP contribution in [0.5, 0.6) is 0 Å². The predicted octanol–water partition coefficient (Wildman–Crippen LogP) is 2.61. The fraction of sp³-hybridized carbons (Fsp3) is 1.00. The molecule has 0 aromatic carbocycles. The zero-order valence-corrected chi connectivity index (χ0v) is 7.60. The van der Waals surface area contributed by atoms with Crippen LogP contribution < -0.4 is 0 Å². The summed E-state index contributed by atoms with van der Waals surface area (Å²) >= 11 is 3.88. The molecule has 0 radical (unpaired) electrons. The van der Waals surface area contributed by atoms with Crippen molar-refractivity contribution in [2.75, 3.05) is 12.5 Å². The summed E-state index contributed by atoms with van der Waals surface area (Å²) in [4.78, 5) is 0. The van der Waals surface area contributed by atoms with E-state index in [0.29, 0.717) is 0 Å². The molecule has 0 nitrogen and oxygen atoms in total. The third-order valence-electron chi connectivity index (χ3n) is 1.01. The van der Waals surface area contributed by atoms with Crippen molar-refractivity contribution in [1.29, 1.82) is 0 Å². The topological polar surface area (TPSA) is 0 Å². The molecule has 0 aromatic heterocycles. The third-order valence-corrected chi connectivity index (χ3v) is 4.18. The molecular weight excluding hydrogens is 135 g/mol. The van der Waals surface area contributed by atoms with E-state index >= 15 is 0 Å². The summed E-state index contributed by atoms with van der Waals surface area (Å²) in [5.41, 5.74) is 0. The first-order chi connectivity index (χ1) is 3.72. The molecule has 0 saturated carbocycles.